The Bertz CT molecular complexity index is 514. The summed E-state index contributed by atoms with van der Waals surface area (Å²) in [4.78, 5) is 22.9. The van der Waals surface area contributed by atoms with Gasteiger partial charge in [0.2, 0.25) is 0 Å². The highest BCUT2D eigenvalue weighted by atomic mass is 16.6. The molecule has 0 unspecified atom stereocenters. The highest BCUT2D eigenvalue weighted by Crippen LogP contribution is 2.06. The fraction of sp³-hybridized carbons (Fsp3) is 0.556. The molecule has 7 nitrogen and oxygen atoms in total. The van der Waals surface area contributed by atoms with Crippen LogP contribution in [0.5, 0.6) is 0 Å². The molecular formula is C18H28N2O5. The molecule has 7 heteroatoms. The molecule has 0 atom stereocenters. The van der Waals surface area contributed by atoms with Gasteiger partial charge in [0.05, 0.1) is 6.61 Å². The summed E-state index contributed by atoms with van der Waals surface area (Å²) in [5, 5.41) is 5.26. The molecule has 0 heterocycles. The molecule has 0 aliphatic carbocycles. The van der Waals surface area contributed by atoms with Crippen molar-refractivity contribution in [3.63, 3.8) is 0 Å². The maximum absolute atomic E-state index is 11.5. The summed E-state index contributed by atoms with van der Waals surface area (Å²) >= 11 is 0. The van der Waals surface area contributed by atoms with Gasteiger partial charge in [0, 0.05) is 19.7 Å². The molecule has 0 bridgehead atoms. The van der Waals surface area contributed by atoms with Crippen LogP contribution >= 0.6 is 0 Å². The topological polar surface area (TPSA) is 85.9 Å². The van der Waals surface area contributed by atoms with Crippen molar-refractivity contribution in [1.29, 1.82) is 0 Å². The number of benzene rings is 1. The van der Waals surface area contributed by atoms with Gasteiger partial charge >= 0.3 is 12.2 Å². The van der Waals surface area contributed by atoms with E-state index < -0.39 is 17.8 Å². The molecule has 0 aliphatic heterocycles. The number of hydrogen-bond acceptors (Lipinski definition) is 5. The van der Waals surface area contributed by atoms with Crippen molar-refractivity contribution in [3.8, 4) is 0 Å². The molecule has 0 saturated carbocycles. The van der Waals surface area contributed by atoms with Crippen molar-refractivity contribution in [3.05, 3.63) is 35.9 Å². The lowest BCUT2D eigenvalue weighted by Gasteiger charge is -2.19. The summed E-state index contributed by atoms with van der Waals surface area (Å²) < 4.78 is 15.5. The first kappa shape index (κ1) is 20.8. The number of hydrogen-bond donors (Lipinski definition) is 2. The molecule has 2 N–H and O–H groups in total. The van der Waals surface area contributed by atoms with Crippen molar-refractivity contribution in [2.75, 3.05) is 26.3 Å². The summed E-state index contributed by atoms with van der Waals surface area (Å²) in [5.74, 6) is 0. The van der Waals surface area contributed by atoms with E-state index in [1.165, 1.54) is 0 Å². The number of alkyl carbamates (subject to hydrolysis) is 2. The summed E-state index contributed by atoms with van der Waals surface area (Å²) in [6.07, 6.45) is -0.248. The fourth-order valence-electron chi connectivity index (χ4n) is 1.78. The molecule has 1 aromatic rings. The molecule has 2 amide bonds. The molecule has 140 valence electrons. The Hall–Kier alpha value is -2.28. The lowest BCUT2D eigenvalue weighted by molar-refractivity contribution is 0.0498. The second-order valence-electron chi connectivity index (χ2n) is 6.38. The zero-order valence-electron chi connectivity index (χ0n) is 15.2. The average Bonchev–Trinajstić information content (AvgIpc) is 2.54. The molecule has 0 aromatic heterocycles. The van der Waals surface area contributed by atoms with Crippen LogP contribution in [0.1, 0.15) is 32.8 Å². The number of ether oxygens (including phenoxy) is 3. The maximum atomic E-state index is 11.5. The Morgan fingerprint density at radius 3 is 2.32 bits per heavy atom. The van der Waals surface area contributed by atoms with Gasteiger partial charge < -0.3 is 24.8 Å². The normalized spacial score (nSPS) is 10.8. The number of carbonyl (C=O) groups excluding carboxylic acids is 2. The molecule has 1 aromatic carbocycles. The molecule has 0 spiro atoms. The van der Waals surface area contributed by atoms with Crippen LogP contribution < -0.4 is 10.6 Å². The van der Waals surface area contributed by atoms with Gasteiger partial charge in [-0.25, -0.2) is 9.59 Å². The maximum Gasteiger partial charge on any atom is 0.407 e. The highest BCUT2D eigenvalue weighted by molar-refractivity contribution is 5.67. The summed E-state index contributed by atoms with van der Waals surface area (Å²) in [7, 11) is 0. The molecule has 1 rings (SSSR count). The summed E-state index contributed by atoms with van der Waals surface area (Å²) in [6, 6.07) is 9.49. The van der Waals surface area contributed by atoms with Crippen LogP contribution in [0.25, 0.3) is 0 Å². The fourth-order valence-corrected chi connectivity index (χ4v) is 1.78. The van der Waals surface area contributed by atoms with Gasteiger partial charge in [-0.2, -0.15) is 0 Å². The number of rotatable bonds is 9. The summed E-state index contributed by atoms with van der Waals surface area (Å²) in [5.41, 5.74) is 0.435. The monoisotopic (exact) mass is 352 g/mol. The molecular weight excluding hydrogens is 324 g/mol. The minimum absolute atomic E-state index is 0.250. The van der Waals surface area contributed by atoms with E-state index in [0.717, 1.165) is 5.56 Å². The van der Waals surface area contributed by atoms with E-state index in [2.05, 4.69) is 10.6 Å². The Labute approximate surface area is 149 Å². The predicted octanol–water partition coefficient (Wildman–Crippen LogP) is 2.84. The van der Waals surface area contributed by atoms with Crippen molar-refractivity contribution >= 4 is 12.2 Å². The zero-order valence-corrected chi connectivity index (χ0v) is 15.2. The second kappa shape index (κ2) is 11.3. The Balaban J connectivity index is 1.93. The van der Waals surface area contributed by atoms with E-state index >= 15 is 0 Å². The van der Waals surface area contributed by atoms with Crippen LogP contribution in [0.3, 0.4) is 0 Å². The third kappa shape index (κ3) is 11.8. The van der Waals surface area contributed by atoms with Crippen molar-refractivity contribution in [2.24, 2.45) is 0 Å². The van der Waals surface area contributed by atoms with Gasteiger partial charge in [0.15, 0.2) is 0 Å². The van der Waals surface area contributed by atoms with Crippen LogP contribution in [0.2, 0.25) is 0 Å². The number of nitrogens with one attached hydrogen (secondary N) is 2. The Morgan fingerprint density at radius 1 is 0.960 bits per heavy atom. The molecule has 0 radical (unpaired) electrons. The first-order chi connectivity index (χ1) is 11.9. The third-order valence-electron chi connectivity index (χ3n) is 2.86. The zero-order chi connectivity index (χ0) is 18.5. The first-order valence-corrected chi connectivity index (χ1v) is 8.36. The van der Waals surface area contributed by atoms with Crippen molar-refractivity contribution in [2.45, 2.75) is 39.4 Å². The average molecular weight is 352 g/mol. The SMILES string of the molecule is CC(C)(C)OC(=O)NCCOCCCNC(=O)OCc1ccccc1. The van der Waals surface area contributed by atoms with E-state index in [9.17, 15) is 9.59 Å². The molecule has 0 aliphatic rings. The molecule has 0 saturated heterocycles. The van der Waals surface area contributed by atoms with Gasteiger partial charge in [-0.3, -0.25) is 0 Å². The van der Waals surface area contributed by atoms with Crippen molar-refractivity contribution in [1.82, 2.24) is 10.6 Å². The second-order valence-corrected chi connectivity index (χ2v) is 6.38. The number of amides is 2. The quantitative estimate of drug-likeness (QED) is 0.668. The minimum Gasteiger partial charge on any atom is -0.445 e. The Kier molecular flexibility index (Phi) is 9.39. The third-order valence-corrected chi connectivity index (χ3v) is 2.86. The summed E-state index contributed by atoms with van der Waals surface area (Å²) in [6.45, 7) is 7.38. The Morgan fingerprint density at radius 2 is 1.64 bits per heavy atom. The van der Waals surface area contributed by atoms with E-state index in [0.29, 0.717) is 32.7 Å². The van der Waals surface area contributed by atoms with Gasteiger partial charge in [-0.1, -0.05) is 30.3 Å². The largest absolute Gasteiger partial charge is 0.445 e. The smallest absolute Gasteiger partial charge is 0.407 e. The molecule has 0 fully saturated rings. The highest BCUT2D eigenvalue weighted by Gasteiger charge is 2.15. The minimum atomic E-state index is -0.508. The number of carbonyl (C=O) groups is 2. The van der Waals surface area contributed by atoms with Crippen LogP contribution in [-0.4, -0.2) is 44.1 Å². The van der Waals surface area contributed by atoms with Crippen LogP contribution in [0, 0.1) is 0 Å². The lowest BCUT2D eigenvalue weighted by atomic mass is 10.2. The predicted molar refractivity (Wildman–Crippen MR) is 94.3 cm³/mol. The van der Waals surface area contributed by atoms with E-state index in [1.807, 2.05) is 30.3 Å². The van der Waals surface area contributed by atoms with E-state index in [4.69, 9.17) is 14.2 Å². The van der Waals surface area contributed by atoms with Crippen LogP contribution in [0.4, 0.5) is 9.59 Å². The molecule has 25 heavy (non-hydrogen) atoms. The van der Waals surface area contributed by atoms with Gasteiger partial charge in [0.1, 0.15) is 12.2 Å². The van der Waals surface area contributed by atoms with E-state index in [1.54, 1.807) is 20.8 Å². The lowest BCUT2D eigenvalue weighted by Crippen LogP contribution is -2.34. The van der Waals surface area contributed by atoms with Gasteiger partial charge in [-0.05, 0) is 32.8 Å². The van der Waals surface area contributed by atoms with E-state index in [-0.39, 0.29) is 6.61 Å². The van der Waals surface area contributed by atoms with Gasteiger partial charge in [0.25, 0.3) is 0 Å². The first-order valence-electron chi connectivity index (χ1n) is 8.36. The van der Waals surface area contributed by atoms with Crippen LogP contribution in [-0.2, 0) is 20.8 Å². The van der Waals surface area contributed by atoms with Crippen LogP contribution in [0.15, 0.2) is 30.3 Å². The van der Waals surface area contributed by atoms with Gasteiger partial charge in [-0.15, -0.1) is 0 Å². The standard InChI is InChI=1S/C18H28N2O5/c1-18(2,3)25-17(22)20-11-13-23-12-7-10-19-16(21)24-14-15-8-5-4-6-9-15/h4-6,8-9H,7,10-14H2,1-3H3,(H,19,21)(H,20,22). The van der Waals surface area contributed by atoms with Crippen molar-refractivity contribution < 1.29 is 23.8 Å².